The number of nitrogens with one attached hydrogen (secondary N) is 1. The van der Waals surface area contributed by atoms with Gasteiger partial charge in [0.1, 0.15) is 0 Å². The summed E-state index contributed by atoms with van der Waals surface area (Å²) in [6, 6.07) is 10.3. The molecule has 2 heterocycles. The maximum absolute atomic E-state index is 10.4. The Labute approximate surface area is 155 Å². The van der Waals surface area contributed by atoms with E-state index in [1.165, 1.54) is 31.2 Å². The number of aliphatic hydroxyl groups excluding tert-OH is 1. The molecule has 0 amide bonds. The van der Waals surface area contributed by atoms with Gasteiger partial charge in [-0.25, -0.2) is 9.97 Å². The molecular formula is C21H28N4O. The Balaban J connectivity index is 1.32. The van der Waals surface area contributed by atoms with Gasteiger partial charge in [-0.15, -0.1) is 0 Å². The number of anilines is 1. The van der Waals surface area contributed by atoms with Crippen LogP contribution in [0.15, 0.2) is 42.7 Å². The third-order valence-electron chi connectivity index (χ3n) is 5.95. The second-order valence-electron chi connectivity index (χ2n) is 7.84. The van der Waals surface area contributed by atoms with E-state index in [-0.39, 0.29) is 11.5 Å². The Kier molecular flexibility index (Phi) is 5.18. The van der Waals surface area contributed by atoms with Crippen molar-refractivity contribution in [1.29, 1.82) is 0 Å². The number of piperidine rings is 1. The van der Waals surface area contributed by atoms with E-state index in [1.54, 1.807) is 0 Å². The van der Waals surface area contributed by atoms with Crippen molar-refractivity contribution < 1.29 is 5.11 Å². The van der Waals surface area contributed by atoms with Crippen LogP contribution in [-0.2, 0) is 13.1 Å². The fourth-order valence-electron chi connectivity index (χ4n) is 4.55. The van der Waals surface area contributed by atoms with Gasteiger partial charge in [-0.05, 0) is 37.8 Å². The number of hydrogen-bond acceptors (Lipinski definition) is 5. The molecule has 2 atom stereocenters. The predicted octanol–water partition coefficient (Wildman–Crippen LogP) is 3.22. The lowest BCUT2D eigenvalue weighted by molar-refractivity contribution is -0.0120. The molecule has 26 heavy (non-hydrogen) atoms. The number of aliphatic hydroxyl groups is 1. The van der Waals surface area contributed by atoms with Crippen LogP contribution in [0.25, 0.3) is 0 Å². The van der Waals surface area contributed by atoms with Gasteiger partial charge < -0.3 is 10.4 Å². The summed E-state index contributed by atoms with van der Waals surface area (Å²) < 4.78 is 0. The number of likely N-dealkylation sites (tertiary alicyclic amines) is 1. The lowest BCUT2D eigenvalue weighted by Gasteiger charge is -2.42. The Bertz CT molecular complexity index is 706. The van der Waals surface area contributed by atoms with Crippen LogP contribution >= 0.6 is 0 Å². The van der Waals surface area contributed by atoms with Crippen LogP contribution in [0, 0.1) is 5.41 Å². The maximum Gasteiger partial charge on any atom is 0.222 e. The van der Waals surface area contributed by atoms with E-state index in [4.69, 9.17) is 0 Å². The molecule has 0 bridgehead atoms. The standard InChI is InChI=1S/C21H28N4O/c26-19-8-4-9-21(19)10-5-11-25(16-21)15-18-13-23-20(24-14-18)22-12-17-6-2-1-3-7-17/h1-3,6-7,13-14,19,26H,4-5,8-12,15-16H2,(H,22,23,24)/t19-,21-/m1/s1. The SMILES string of the molecule is O[C@@H]1CCC[C@]12CCCN(Cc1cnc(NCc3ccccc3)nc1)C2. The molecule has 138 valence electrons. The molecule has 2 N–H and O–H groups in total. The minimum absolute atomic E-state index is 0.119. The van der Waals surface area contributed by atoms with Crippen LogP contribution in [0.3, 0.4) is 0 Å². The number of benzene rings is 1. The van der Waals surface area contributed by atoms with Gasteiger partial charge in [0.05, 0.1) is 6.10 Å². The average Bonchev–Trinajstić information content (AvgIpc) is 3.01. The van der Waals surface area contributed by atoms with Crippen LogP contribution in [0.2, 0.25) is 0 Å². The molecule has 5 nitrogen and oxygen atoms in total. The van der Waals surface area contributed by atoms with Crippen molar-refractivity contribution in [2.75, 3.05) is 18.4 Å². The van der Waals surface area contributed by atoms with Crippen LogP contribution in [0.4, 0.5) is 5.95 Å². The molecule has 2 aliphatic rings. The van der Waals surface area contributed by atoms with Crippen molar-refractivity contribution in [2.24, 2.45) is 5.41 Å². The zero-order chi connectivity index (χ0) is 17.8. The van der Waals surface area contributed by atoms with E-state index in [0.717, 1.165) is 38.2 Å². The summed E-state index contributed by atoms with van der Waals surface area (Å²) in [7, 11) is 0. The van der Waals surface area contributed by atoms with Gasteiger partial charge in [0.2, 0.25) is 5.95 Å². The highest BCUT2D eigenvalue weighted by Crippen LogP contribution is 2.45. The summed E-state index contributed by atoms with van der Waals surface area (Å²) in [4.78, 5) is 11.4. The first kappa shape index (κ1) is 17.4. The third kappa shape index (κ3) is 3.89. The summed E-state index contributed by atoms with van der Waals surface area (Å²) >= 11 is 0. The van der Waals surface area contributed by atoms with Crippen LogP contribution in [0.1, 0.15) is 43.2 Å². The molecule has 1 aliphatic carbocycles. The molecule has 2 aromatic rings. The zero-order valence-corrected chi connectivity index (χ0v) is 15.3. The van der Waals surface area contributed by atoms with Crippen LogP contribution in [0.5, 0.6) is 0 Å². The van der Waals surface area contributed by atoms with Gasteiger partial charge >= 0.3 is 0 Å². The smallest absolute Gasteiger partial charge is 0.222 e. The van der Waals surface area contributed by atoms with E-state index in [9.17, 15) is 5.11 Å². The number of hydrogen-bond donors (Lipinski definition) is 2. The Morgan fingerprint density at radius 2 is 1.85 bits per heavy atom. The first-order valence-corrected chi connectivity index (χ1v) is 9.73. The van der Waals surface area contributed by atoms with Gasteiger partial charge in [0.25, 0.3) is 0 Å². The van der Waals surface area contributed by atoms with Crippen molar-refractivity contribution in [3.8, 4) is 0 Å². The predicted molar refractivity (Wildman–Crippen MR) is 103 cm³/mol. The topological polar surface area (TPSA) is 61.3 Å². The summed E-state index contributed by atoms with van der Waals surface area (Å²) in [6.45, 7) is 3.70. The lowest BCUT2D eigenvalue weighted by atomic mass is 9.76. The zero-order valence-electron chi connectivity index (χ0n) is 15.3. The molecule has 1 aliphatic heterocycles. The fourth-order valence-corrected chi connectivity index (χ4v) is 4.55. The van der Waals surface area contributed by atoms with E-state index >= 15 is 0 Å². The molecular weight excluding hydrogens is 324 g/mol. The maximum atomic E-state index is 10.4. The van der Waals surface area contributed by atoms with Gasteiger partial charge in [0, 0.05) is 43.0 Å². The molecule has 1 aromatic carbocycles. The second kappa shape index (κ2) is 7.72. The number of aromatic nitrogens is 2. The van der Waals surface area contributed by atoms with Gasteiger partial charge in [-0.3, -0.25) is 4.90 Å². The van der Waals surface area contributed by atoms with Crippen LogP contribution in [-0.4, -0.2) is 39.2 Å². The molecule has 2 fully saturated rings. The normalized spacial score (nSPS) is 26.3. The third-order valence-corrected chi connectivity index (χ3v) is 5.95. The summed E-state index contributed by atoms with van der Waals surface area (Å²) in [5.74, 6) is 0.666. The van der Waals surface area contributed by atoms with E-state index < -0.39 is 0 Å². The molecule has 1 saturated heterocycles. The number of nitrogens with zero attached hydrogens (tertiary/aromatic N) is 3. The summed E-state index contributed by atoms with van der Waals surface area (Å²) in [5, 5.41) is 13.7. The minimum atomic E-state index is -0.119. The van der Waals surface area contributed by atoms with Crippen molar-refractivity contribution in [1.82, 2.24) is 14.9 Å². The monoisotopic (exact) mass is 352 g/mol. The van der Waals surface area contributed by atoms with Gasteiger partial charge in [0.15, 0.2) is 0 Å². The average molecular weight is 352 g/mol. The molecule has 5 heteroatoms. The van der Waals surface area contributed by atoms with E-state index in [0.29, 0.717) is 5.95 Å². The molecule has 0 unspecified atom stereocenters. The summed E-state index contributed by atoms with van der Waals surface area (Å²) in [5.41, 5.74) is 2.49. The fraction of sp³-hybridized carbons (Fsp3) is 0.524. The van der Waals surface area contributed by atoms with Gasteiger partial charge in [-0.2, -0.15) is 0 Å². The molecule has 0 radical (unpaired) electrons. The van der Waals surface area contributed by atoms with Crippen molar-refractivity contribution in [3.63, 3.8) is 0 Å². The van der Waals surface area contributed by atoms with Gasteiger partial charge in [-0.1, -0.05) is 36.8 Å². The van der Waals surface area contributed by atoms with E-state index in [2.05, 4.69) is 32.3 Å². The highest BCUT2D eigenvalue weighted by atomic mass is 16.3. The first-order chi connectivity index (χ1) is 12.7. The van der Waals surface area contributed by atoms with Crippen LogP contribution < -0.4 is 5.32 Å². The highest BCUT2D eigenvalue weighted by Gasteiger charge is 2.44. The Hall–Kier alpha value is -1.98. The quantitative estimate of drug-likeness (QED) is 0.865. The molecule has 1 saturated carbocycles. The largest absolute Gasteiger partial charge is 0.393 e. The number of rotatable bonds is 5. The second-order valence-corrected chi connectivity index (χ2v) is 7.84. The Morgan fingerprint density at radius 3 is 2.58 bits per heavy atom. The van der Waals surface area contributed by atoms with E-state index in [1.807, 2.05) is 30.6 Å². The first-order valence-electron chi connectivity index (χ1n) is 9.73. The van der Waals surface area contributed by atoms with Crippen molar-refractivity contribution in [2.45, 2.75) is 51.3 Å². The summed E-state index contributed by atoms with van der Waals surface area (Å²) in [6.07, 6.45) is 9.38. The molecule has 1 spiro atoms. The minimum Gasteiger partial charge on any atom is -0.393 e. The Morgan fingerprint density at radius 1 is 1.08 bits per heavy atom. The molecule has 1 aromatic heterocycles. The molecule has 4 rings (SSSR count). The van der Waals surface area contributed by atoms with Crippen molar-refractivity contribution in [3.05, 3.63) is 53.9 Å². The highest BCUT2D eigenvalue weighted by molar-refractivity contribution is 5.28. The lowest BCUT2D eigenvalue weighted by Crippen LogP contribution is -2.46. The van der Waals surface area contributed by atoms with Crippen molar-refractivity contribution >= 4 is 5.95 Å².